The lowest BCUT2D eigenvalue weighted by Crippen LogP contribution is -2.39. The molecule has 6 nitrogen and oxygen atoms in total. The smallest absolute Gasteiger partial charge is 0.266 e. The van der Waals surface area contributed by atoms with Gasteiger partial charge in [0.25, 0.3) is 5.91 Å². The molecule has 0 radical (unpaired) electrons. The van der Waals surface area contributed by atoms with Crippen LogP contribution in [0.5, 0.6) is 11.5 Å². The fourth-order valence-electron chi connectivity index (χ4n) is 3.00. The largest absolute Gasteiger partial charge is 0.497 e. The average Bonchev–Trinajstić information content (AvgIpc) is 3.10. The first-order chi connectivity index (χ1) is 13.9. The van der Waals surface area contributed by atoms with E-state index in [-0.39, 0.29) is 24.9 Å². The highest BCUT2D eigenvalue weighted by Crippen LogP contribution is 2.31. The topological polar surface area (TPSA) is 54.9 Å². The molecule has 0 aliphatic carbocycles. The molecule has 0 saturated heterocycles. The monoisotopic (exact) mass is 449 g/mol. The van der Waals surface area contributed by atoms with Crippen LogP contribution in [0.25, 0.3) is 10.2 Å². The minimum atomic E-state index is -0.115. The molecular weight excluding hydrogens is 422 g/mol. The van der Waals surface area contributed by atoms with Gasteiger partial charge in [-0.2, -0.15) is 0 Å². The lowest BCUT2D eigenvalue weighted by Gasteiger charge is -2.22. The van der Waals surface area contributed by atoms with Crippen LogP contribution in [0.4, 0.5) is 5.13 Å². The lowest BCUT2D eigenvalue weighted by molar-refractivity contribution is -0.120. The minimum absolute atomic E-state index is 0. The molecule has 2 aromatic carbocycles. The second kappa shape index (κ2) is 10.6. The first kappa shape index (κ1) is 23.9. The number of rotatable bonds is 8. The Hall–Kier alpha value is -2.35. The molecule has 3 rings (SSSR count). The number of methoxy groups -OCH3 is 1. The number of likely N-dealkylation sites (N-methyl/N-ethyl adjacent to an activating group) is 1. The van der Waals surface area contributed by atoms with E-state index in [1.54, 1.807) is 35.5 Å². The normalized spacial score (nSPS) is 10.7. The Morgan fingerprint density at radius 3 is 2.37 bits per heavy atom. The lowest BCUT2D eigenvalue weighted by atomic mass is 10.1. The Balaban J connectivity index is 0.00000320. The van der Waals surface area contributed by atoms with Crippen LogP contribution < -0.4 is 14.4 Å². The molecule has 1 amide bonds. The Labute approximate surface area is 187 Å². The van der Waals surface area contributed by atoms with Crippen molar-refractivity contribution in [2.24, 2.45) is 0 Å². The van der Waals surface area contributed by atoms with Crippen LogP contribution in [-0.2, 0) is 4.79 Å². The summed E-state index contributed by atoms with van der Waals surface area (Å²) < 4.78 is 12.0. The van der Waals surface area contributed by atoms with Gasteiger partial charge >= 0.3 is 0 Å². The van der Waals surface area contributed by atoms with Crippen molar-refractivity contribution < 1.29 is 14.3 Å². The molecule has 162 valence electrons. The van der Waals surface area contributed by atoms with E-state index in [1.165, 1.54) is 5.56 Å². The van der Waals surface area contributed by atoms with Gasteiger partial charge in [0.1, 0.15) is 11.5 Å². The summed E-state index contributed by atoms with van der Waals surface area (Å²) in [5, 5.41) is 0.707. The standard InChI is InChI=1S/C22H27N3O3S.ClH/c1-15-12-16(2)21-19(13-15)29-22(23-21)25(11-10-24(3)4)20(26)14-28-18-8-6-17(27-5)7-9-18;/h6-9,12-13H,10-11,14H2,1-5H3;1H. The summed E-state index contributed by atoms with van der Waals surface area (Å²) in [4.78, 5) is 21.5. The van der Waals surface area contributed by atoms with E-state index in [0.29, 0.717) is 17.4 Å². The second-order valence-electron chi connectivity index (χ2n) is 7.24. The molecule has 1 aromatic heterocycles. The number of ether oxygens (including phenoxy) is 2. The van der Waals surface area contributed by atoms with Gasteiger partial charge in [-0.25, -0.2) is 4.98 Å². The van der Waals surface area contributed by atoms with Gasteiger partial charge in [0, 0.05) is 13.1 Å². The molecule has 0 fully saturated rings. The molecule has 3 aromatic rings. The zero-order valence-corrected chi connectivity index (χ0v) is 19.6. The van der Waals surface area contributed by atoms with E-state index in [0.717, 1.165) is 28.1 Å². The number of benzene rings is 2. The summed E-state index contributed by atoms with van der Waals surface area (Å²) in [6.07, 6.45) is 0. The van der Waals surface area contributed by atoms with Crippen molar-refractivity contribution in [2.75, 3.05) is 45.8 Å². The average molecular weight is 450 g/mol. The van der Waals surface area contributed by atoms with Crippen molar-refractivity contribution in [1.29, 1.82) is 0 Å². The molecule has 0 saturated carbocycles. The SMILES string of the molecule is COc1ccc(OCC(=O)N(CCN(C)C)c2nc3c(C)cc(C)cc3s2)cc1.Cl. The van der Waals surface area contributed by atoms with Gasteiger partial charge in [0.05, 0.1) is 17.3 Å². The molecule has 0 unspecified atom stereocenters. The quantitative estimate of drug-likeness (QED) is 0.512. The van der Waals surface area contributed by atoms with Crippen molar-refractivity contribution in [3.8, 4) is 11.5 Å². The van der Waals surface area contributed by atoms with Crippen molar-refractivity contribution in [3.63, 3.8) is 0 Å². The van der Waals surface area contributed by atoms with Gasteiger partial charge in [0.15, 0.2) is 11.7 Å². The maximum absolute atomic E-state index is 13.0. The number of anilines is 1. The molecule has 0 N–H and O–H groups in total. The van der Waals surface area contributed by atoms with Crippen LogP contribution in [0.15, 0.2) is 36.4 Å². The van der Waals surface area contributed by atoms with Gasteiger partial charge in [-0.15, -0.1) is 12.4 Å². The number of hydrogen-bond acceptors (Lipinski definition) is 6. The molecule has 1 heterocycles. The highest BCUT2D eigenvalue weighted by Gasteiger charge is 2.21. The number of fused-ring (bicyclic) bond motifs is 1. The summed E-state index contributed by atoms with van der Waals surface area (Å²) in [7, 11) is 5.59. The van der Waals surface area contributed by atoms with E-state index in [1.807, 2.05) is 31.1 Å². The predicted octanol–water partition coefficient (Wildman–Crippen LogP) is 4.32. The molecule has 0 atom stereocenters. The third kappa shape index (κ3) is 5.84. The summed E-state index contributed by atoms with van der Waals surface area (Å²) >= 11 is 1.54. The van der Waals surface area contributed by atoms with Crippen LogP contribution in [0.2, 0.25) is 0 Å². The number of aryl methyl sites for hydroxylation is 2. The van der Waals surface area contributed by atoms with E-state index in [9.17, 15) is 4.79 Å². The molecule has 0 spiro atoms. The summed E-state index contributed by atoms with van der Waals surface area (Å²) in [5.41, 5.74) is 3.27. The Morgan fingerprint density at radius 2 is 1.73 bits per heavy atom. The molecule has 0 aliphatic rings. The summed E-state index contributed by atoms with van der Waals surface area (Å²) in [6, 6.07) is 11.4. The number of halogens is 1. The number of aromatic nitrogens is 1. The van der Waals surface area contributed by atoms with Gasteiger partial charge in [-0.1, -0.05) is 17.4 Å². The Bertz CT molecular complexity index is 989. The van der Waals surface area contributed by atoms with Crippen LogP contribution in [0.1, 0.15) is 11.1 Å². The number of thiazole rings is 1. The minimum Gasteiger partial charge on any atom is -0.497 e. The number of hydrogen-bond donors (Lipinski definition) is 0. The third-order valence-corrected chi connectivity index (χ3v) is 5.57. The van der Waals surface area contributed by atoms with E-state index in [4.69, 9.17) is 14.5 Å². The molecular formula is C22H28ClN3O3S. The second-order valence-corrected chi connectivity index (χ2v) is 8.25. The highest BCUT2D eigenvalue weighted by molar-refractivity contribution is 7.22. The van der Waals surface area contributed by atoms with Crippen molar-refractivity contribution >= 4 is 45.0 Å². The van der Waals surface area contributed by atoms with E-state index >= 15 is 0 Å². The fourth-order valence-corrected chi connectivity index (χ4v) is 4.18. The van der Waals surface area contributed by atoms with E-state index in [2.05, 4.69) is 26.0 Å². The predicted molar refractivity (Wildman–Crippen MR) is 126 cm³/mol. The molecule has 0 bridgehead atoms. The molecule has 30 heavy (non-hydrogen) atoms. The van der Waals surface area contributed by atoms with Crippen molar-refractivity contribution in [3.05, 3.63) is 47.5 Å². The first-order valence-corrected chi connectivity index (χ1v) is 10.3. The van der Waals surface area contributed by atoms with Crippen molar-refractivity contribution in [2.45, 2.75) is 13.8 Å². The number of carbonyl (C=O) groups excluding carboxylic acids is 1. The van der Waals surface area contributed by atoms with Crippen LogP contribution in [-0.4, -0.2) is 56.7 Å². The summed E-state index contributed by atoms with van der Waals surface area (Å²) in [6.45, 7) is 5.37. The fraction of sp³-hybridized carbons (Fsp3) is 0.364. The van der Waals surface area contributed by atoms with Crippen LogP contribution in [0, 0.1) is 13.8 Å². The van der Waals surface area contributed by atoms with Crippen molar-refractivity contribution in [1.82, 2.24) is 9.88 Å². The summed E-state index contributed by atoms with van der Waals surface area (Å²) in [5.74, 6) is 1.26. The maximum atomic E-state index is 13.0. The van der Waals surface area contributed by atoms with Gasteiger partial charge in [-0.05, 0) is 69.4 Å². The highest BCUT2D eigenvalue weighted by atomic mass is 35.5. The Morgan fingerprint density at radius 1 is 1.07 bits per heavy atom. The number of carbonyl (C=O) groups is 1. The third-order valence-electron chi connectivity index (χ3n) is 4.54. The van der Waals surface area contributed by atoms with Gasteiger partial charge in [-0.3, -0.25) is 9.69 Å². The zero-order chi connectivity index (χ0) is 21.0. The number of amides is 1. The first-order valence-electron chi connectivity index (χ1n) is 9.47. The van der Waals surface area contributed by atoms with Crippen LogP contribution >= 0.6 is 23.7 Å². The maximum Gasteiger partial charge on any atom is 0.266 e. The van der Waals surface area contributed by atoms with Gasteiger partial charge < -0.3 is 14.4 Å². The van der Waals surface area contributed by atoms with Gasteiger partial charge in [0.2, 0.25) is 0 Å². The number of nitrogens with zero attached hydrogens (tertiary/aromatic N) is 3. The Kier molecular flexibility index (Phi) is 8.46. The zero-order valence-electron chi connectivity index (χ0n) is 18.0. The van der Waals surface area contributed by atoms with E-state index < -0.39 is 0 Å². The van der Waals surface area contributed by atoms with Crippen LogP contribution in [0.3, 0.4) is 0 Å². The molecule has 0 aliphatic heterocycles. The molecule has 8 heteroatoms.